The topological polar surface area (TPSA) is 37.4 Å². The lowest BCUT2D eigenvalue weighted by atomic mass is 9.85. The number of hydrogen-bond donors (Lipinski definition) is 0. The van der Waals surface area contributed by atoms with Gasteiger partial charge in [-0.1, -0.05) is 24.3 Å². The number of fused-ring (bicyclic) bond motifs is 1. The second-order valence-electron chi connectivity index (χ2n) is 5.05. The molecule has 0 unspecified atom stereocenters. The Hall–Kier alpha value is -1.97. The largest absolute Gasteiger partial charge is 0.278 e. The average molecular weight is 259 g/mol. The third-order valence-electron chi connectivity index (χ3n) is 3.83. The maximum absolute atomic E-state index is 13.1. The zero-order chi connectivity index (χ0) is 13.4. The van der Waals surface area contributed by atoms with Gasteiger partial charge in [-0.2, -0.15) is 0 Å². The first-order valence-electron chi connectivity index (χ1n) is 6.41. The zero-order valence-corrected chi connectivity index (χ0v) is 10.4. The quantitative estimate of drug-likeness (QED) is 0.603. The number of allylic oxidation sites excluding steroid dienone is 2. The molecule has 0 aromatic heterocycles. The van der Waals surface area contributed by atoms with Crippen LogP contribution in [0.1, 0.15) is 18.4 Å². The van der Waals surface area contributed by atoms with Crippen molar-refractivity contribution in [1.29, 1.82) is 0 Å². The first kappa shape index (κ1) is 12.1. The lowest BCUT2D eigenvalue weighted by Gasteiger charge is -2.14. The van der Waals surface area contributed by atoms with E-state index < -0.39 is 0 Å². The number of rotatable bonds is 2. The Kier molecular flexibility index (Phi) is 2.93. The second kappa shape index (κ2) is 4.61. The third-order valence-corrected chi connectivity index (χ3v) is 3.83. The van der Waals surface area contributed by atoms with Crippen LogP contribution in [-0.2, 0) is 16.1 Å². The molecule has 1 aliphatic carbocycles. The summed E-state index contributed by atoms with van der Waals surface area (Å²) in [6.45, 7) is 0.169. The van der Waals surface area contributed by atoms with Crippen molar-refractivity contribution in [3.63, 3.8) is 0 Å². The Morgan fingerprint density at radius 2 is 1.74 bits per heavy atom. The molecule has 0 radical (unpaired) electrons. The van der Waals surface area contributed by atoms with Gasteiger partial charge in [0.15, 0.2) is 0 Å². The third kappa shape index (κ3) is 2.07. The van der Waals surface area contributed by atoms with Gasteiger partial charge in [0.25, 0.3) is 0 Å². The summed E-state index contributed by atoms with van der Waals surface area (Å²) in [6.07, 6.45) is 5.18. The molecule has 0 N–H and O–H groups in total. The molecule has 1 aliphatic heterocycles. The molecule has 1 aromatic carbocycles. The van der Waals surface area contributed by atoms with Crippen molar-refractivity contribution >= 4 is 11.8 Å². The molecular weight excluding hydrogens is 245 g/mol. The molecule has 0 saturated carbocycles. The fraction of sp³-hybridized carbons (Fsp3) is 0.333. The lowest BCUT2D eigenvalue weighted by Crippen LogP contribution is -2.30. The van der Waals surface area contributed by atoms with Crippen LogP contribution in [0, 0.1) is 17.7 Å². The Morgan fingerprint density at radius 3 is 2.32 bits per heavy atom. The standard InChI is InChI=1S/C15H14FNO2/c16-11-5-3-4-10(8-11)9-17-14(18)12-6-1-2-7-13(12)15(17)19/h1-5,8,12-13H,6-7,9H2/t12-,13+. The van der Waals surface area contributed by atoms with Gasteiger partial charge < -0.3 is 0 Å². The summed E-state index contributed by atoms with van der Waals surface area (Å²) in [4.78, 5) is 25.7. The van der Waals surface area contributed by atoms with Gasteiger partial charge in [0.2, 0.25) is 11.8 Å². The van der Waals surface area contributed by atoms with Crippen molar-refractivity contribution in [2.75, 3.05) is 0 Å². The molecule has 1 fully saturated rings. The van der Waals surface area contributed by atoms with Crippen molar-refractivity contribution in [3.8, 4) is 0 Å². The molecule has 2 atom stereocenters. The van der Waals surface area contributed by atoms with E-state index in [1.54, 1.807) is 12.1 Å². The highest BCUT2D eigenvalue weighted by atomic mass is 19.1. The van der Waals surface area contributed by atoms with E-state index >= 15 is 0 Å². The van der Waals surface area contributed by atoms with Gasteiger partial charge >= 0.3 is 0 Å². The number of halogens is 1. The molecule has 3 nitrogen and oxygen atoms in total. The summed E-state index contributed by atoms with van der Waals surface area (Å²) in [7, 11) is 0. The summed E-state index contributed by atoms with van der Waals surface area (Å²) in [6, 6.07) is 6.02. The fourth-order valence-electron chi connectivity index (χ4n) is 2.84. The van der Waals surface area contributed by atoms with Crippen molar-refractivity contribution in [2.45, 2.75) is 19.4 Å². The van der Waals surface area contributed by atoms with Gasteiger partial charge in [0.05, 0.1) is 18.4 Å². The van der Waals surface area contributed by atoms with Crippen LogP contribution in [0.2, 0.25) is 0 Å². The molecule has 0 spiro atoms. The lowest BCUT2D eigenvalue weighted by molar-refractivity contribution is -0.140. The normalized spacial score (nSPS) is 25.8. The number of imide groups is 1. The molecule has 4 heteroatoms. The zero-order valence-electron chi connectivity index (χ0n) is 10.4. The molecule has 98 valence electrons. The highest BCUT2D eigenvalue weighted by molar-refractivity contribution is 6.05. The van der Waals surface area contributed by atoms with Crippen molar-refractivity contribution in [2.24, 2.45) is 11.8 Å². The van der Waals surface area contributed by atoms with E-state index in [4.69, 9.17) is 0 Å². The molecule has 1 saturated heterocycles. The predicted octanol–water partition coefficient (Wildman–Crippen LogP) is 2.28. The van der Waals surface area contributed by atoms with Crippen LogP contribution < -0.4 is 0 Å². The second-order valence-corrected chi connectivity index (χ2v) is 5.05. The molecule has 2 aliphatic rings. The van der Waals surface area contributed by atoms with E-state index in [2.05, 4.69) is 0 Å². The van der Waals surface area contributed by atoms with E-state index in [9.17, 15) is 14.0 Å². The molecule has 1 heterocycles. The Labute approximate surface area is 110 Å². The van der Waals surface area contributed by atoms with Gasteiger partial charge in [-0.05, 0) is 30.5 Å². The van der Waals surface area contributed by atoms with Crippen molar-refractivity contribution in [3.05, 3.63) is 47.8 Å². The minimum absolute atomic E-state index is 0.122. The molecule has 3 rings (SSSR count). The van der Waals surface area contributed by atoms with Crippen LogP contribution in [0.3, 0.4) is 0 Å². The van der Waals surface area contributed by atoms with E-state index in [0.29, 0.717) is 18.4 Å². The average Bonchev–Trinajstić information content (AvgIpc) is 2.65. The minimum Gasteiger partial charge on any atom is -0.278 e. The summed E-state index contributed by atoms with van der Waals surface area (Å²) < 4.78 is 13.1. The molecule has 19 heavy (non-hydrogen) atoms. The maximum atomic E-state index is 13.1. The van der Waals surface area contributed by atoms with Crippen LogP contribution in [0.15, 0.2) is 36.4 Å². The number of nitrogens with zero attached hydrogens (tertiary/aromatic N) is 1. The van der Waals surface area contributed by atoms with Crippen LogP contribution in [-0.4, -0.2) is 16.7 Å². The van der Waals surface area contributed by atoms with Gasteiger partial charge in [-0.3, -0.25) is 14.5 Å². The van der Waals surface area contributed by atoms with Gasteiger partial charge in [-0.25, -0.2) is 4.39 Å². The maximum Gasteiger partial charge on any atom is 0.233 e. The Bertz CT molecular complexity index is 541. The molecule has 0 bridgehead atoms. The van der Waals surface area contributed by atoms with E-state index in [1.165, 1.54) is 17.0 Å². The Morgan fingerprint density at radius 1 is 1.11 bits per heavy atom. The van der Waals surface area contributed by atoms with Crippen LogP contribution >= 0.6 is 0 Å². The highest BCUT2D eigenvalue weighted by Gasteiger charge is 2.46. The van der Waals surface area contributed by atoms with E-state index in [0.717, 1.165) is 0 Å². The number of amides is 2. The molecule has 1 aromatic rings. The predicted molar refractivity (Wildman–Crippen MR) is 67.3 cm³/mol. The van der Waals surface area contributed by atoms with E-state index in [-0.39, 0.29) is 36.0 Å². The van der Waals surface area contributed by atoms with Crippen LogP contribution in [0.5, 0.6) is 0 Å². The van der Waals surface area contributed by atoms with Crippen LogP contribution in [0.25, 0.3) is 0 Å². The van der Waals surface area contributed by atoms with Gasteiger partial charge in [0, 0.05) is 0 Å². The number of benzene rings is 1. The first-order chi connectivity index (χ1) is 9.16. The number of carbonyl (C=O) groups is 2. The fourth-order valence-corrected chi connectivity index (χ4v) is 2.84. The monoisotopic (exact) mass is 259 g/mol. The highest BCUT2D eigenvalue weighted by Crippen LogP contribution is 2.35. The van der Waals surface area contributed by atoms with Crippen molar-refractivity contribution < 1.29 is 14.0 Å². The van der Waals surface area contributed by atoms with Crippen molar-refractivity contribution in [1.82, 2.24) is 4.90 Å². The number of carbonyl (C=O) groups excluding carboxylic acids is 2. The minimum atomic E-state index is -0.351. The van der Waals surface area contributed by atoms with Gasteiger partial charge in [0.1, 0.15) is 5.82 Å². The first-order valence-corrected chi connectivity index (χ1v) is 6.41. The summed E-state index contributed by atoms with van der Waals surface area (Å²) in [5.74, 6) is -1.03. The van der Waals surface area contributed by atoms with Crippen LogP contribution in [0.4, 0.5) is 4.39 Å². The molecule has 2 amide bonds. The van der Waals surface area contributed by atoms with Gasteiger partial charge in [-0.15, -0.1) is 0 Å². The number of likely N-dealkylation sites (tertiary alicyclic amines) is 1. The number of hydrogen-bond acceptors (Lipinski definition) is 2. The van der Waals surface area contributed by atoms with E-state index in [1.807, 2.05) is 12.2 Å². The summed E-state index contributed by atoms with van der Waals surface area (Å²) in [5, 5.41) is 0. The Balaban J connectivity index is 1.82. The summed E-state index contributed by atoms with van der Waals surface area (Å²) >= 11 is 0. The summed E-state index contributed by atoms with van der Waals surface area (Å²) in [5.41, 5.74) is 0.647. The SMILES string of the molecule is O=C1[C@H]2CC=CC[C@H]2C(=O)N1Cc1cccc(F)c1. The molecular formula is C15H14FNO2. The smallest absolute Gasteiger partial charge is 0.233 e.